The summed E-state index contributed by atoms with van der Waals surface area (Å²) in [7, 11) is -1.29. The first kappa shape index (κ1) is 41.1. The third-order valence-corrected chi connectivity index (χ3v) is 10.1. The number of hydrogen-bond donors (Lipinski definition) is 4. The molecule has 0 saturated carbocycles. The van der Waals surface area contributed by atoms with Crippen molar-refractivity contribution in [2.24, 2.45) is 0 Å². The molecular formula is C38H53N5O7S. The number of phenols is 1. The minimum Gasteiger partial charge on any atom is -0.508 e. The third kappa shape index (κ3) is 12.5. The highest BCUT2D eigenvalue weighted by molar-refractivity contribution is 7.89. The van der Waals surface area contributed by atoms with E-state index in [1.807, 2.05) is 51.1 Å². The topological polar surface area (TPSA) is 160 Å². The number of carbonyl (C=O) groups excluding carboxylic acids is 3. The average molecular weight is 724 g/mol. The average Bonchev–Trinajstić information content (AvgIpc) is 3.10. The van der Waals surface area contributed by atoms with Crippen LogP contribution in [-0.4, -0.2) is 103 Å². The number of hydrogen-bond acceptors (Lipinski definition) is 8. The Morgan fingerprint density at radius 3 is 2.02 bits per heavy atom. The summed E-state index contributed by atoms with van der Waals surface area (Å²) in [6.07, 6.45) is 2.08. The number of hydrazine groups is 1. The van der Waals surface area contributed by atoms with Gasteiger partial charge in [-0.25, -0.2) is 17.7 Å². The lowest BCUT2D eigenvalue weighted by atomic mass is 9.99. The lowest BCUT2D eigenvalue weighted by molar-refractivity contribution is -0.126. The van der Waals surface area contributed by atoms with Crippen molar-refractivity contribution in [3.63, 3.8) is 0 Å². The summed E-state index contributed by atoms with van der Waals surface area (Å²) in [5.74, 6) is -1.27. The lowest BCUT2D eigenvalue weighted by Gasteiger charge is -2.30. The number of nitrogens with zero attached hydrogens (tertiary/aromatic N) is 3. The number of rotatable bonds is 20. The standard InChI is InChI=1S/C38H53N5O7S/c1-6-9-21-43(40-36(46)23-28-13-11-10-12-14-28)27-35(45)34(22-29-15-17-32(44)18-16-29)39-37(47)30-24-31(38(48)42(19-7-2)20-8-3)26-33(25-30)51(49,50)41(4)5/h10-18,24-26,34-35,44-45H,6-9,19-23,27H2,1-5H3,(H,39,47)(H,40,46). The highest BCUT2D eigenvalue weighted by Crippen LogP contribution is 2.21. The summed E-state index contributed by atoms with van der Waals surface area (Å²) in [6, 6.07) is 18.6. The van der Waals surface area contributed by atoms with E-state index >= 15 is 0 Å². The minimum atomic E-state index is -4.03. The van der Waals surface area contributed by atoms with Gasteiger partial charge in [0.25, 0.3) is 11.8 Å². The summed E-state index contributed by atoms with van der Waals surface area (Å²) in [6.45, 7) is 7.27. The van der Waals surface area contributed by atoms with Crippen LogP contribution in [0.5, 0.6) is 5.75 Å². The van der Waals surface area contributed by atoms with Gasteiger partial charge < -0.3 is 20.4 Å². The quantitative estimate of drug-likeness (QED) is 0.128. The highest BCUT2D eigenvalue weighted by Gasteiger charge is 2.28. The fraction of sp³-hybridized carbons (Fsp3) is 0.447. The zero-order valence-corrected chi connectivity index (χ0v) is 31.2. The molecule has 2 unspecified atom stereocenters. The SMILES string of the molecule is CCCCN(CC(O)C(Cc1ccc(O)cc1)NC(=O)c1cc(C(=O)N(CCC)CCC)cc(S(=O)(=O)N(C)C)c1)NC(=O)Cc1ccccc1. The van der Waals surface area contributed by atoms with Crippen molar-refractivity contribution in [1.29, 1.82) is 0 Å². The van der Waals surface area contributed by atoms with E-state index in [0.29, 0.717) is 38.0 Å². The minimum absolute atomic E-state index is 0.0225. The smallest absolute Gasteiger partial charge is 0.253 e. The first-order chi connectivity index (χ1) is 24.3. The fourth-order valence-corrected chi connectivity index (χ4v) is 6.54. The molecular weight excluding hydrogens is 671 g/mol. The summed E-state index contributed by atoms with van der Waals surface area (Å²) in [5, 5.41) is 26.0. The molecule has 3 rings (SSSR count). The number of amides is 3. The van der Waals surface area contributed by atoms with Crippen LogP contribution in [0.4, 0.5) is 0 Å². The zero-order chi connectivity index (χ0) is 37.6. The van der Waals surface area contributed by atoms with E-state index < -0.39 is 28.1 Å². The molecule has 4 N–H and O–H groups in total. The Labute approximate surface area is 302 Å². The molecule has 0 heterocycles. The van der Waals surface area contributed by atoms with Gasteiger partial charge in [-0.15, -0.1) is 0 Å². The van der Waals surface area contributed by atoms with Crippen LogP contribution in [0, 0.1) is 0 Å². The molecule has 3 aromatic carbocycles. The molecule has 278 valence electrons. The molecule has 12 nitrogen and oxygen atoms in total. The normalized spacial score (nSPS) is 12.8. The van der Waals surface area contributed by atoms with E-state index in [-0.39, 0.29) is 53.0 Å². The second-order valence-electron chi connectivity index (χ2n) is 12.8. The van der Waals surface area contributed by atoms with Crippen LogP contribution in [0.3, 0.4) is 0 Å². The highest BCUT2D eigenvalue weighted by atomic mass is 32.2. The van der Waals surface area contributed by atoms with E-state index in [2.05, 4.69) is 10.7 Å². The van der Waals surface area contributed by atoms with Crippen molar-refractivity contribution in [2.75, 3.05) is 40.3 Å². The Morgan fingerprint density at radius 1 is 0.804 bits per heavy atom. The van der Waals surface area contributed by atoms with Gasteiger partial charge in [0, 0.05) is 51.4 Å². The van der Waals surface area contributed by atoms with Gasteiger partial charge in [-0.1, -0.05) is 69.7 Å². The van der Waals surface area contributed by atoms with E-state index in [4.69, 9.17) is 0 Å². The van der Waals surface area contributed by atoms with Crippen LogP contribution in [-0.2, 0) is 27.7 Å². The van der Waals surface area contributed by atoms with Crippen LogP contribution in [0.15, 0.2) is 77.7 Å². The molecule has 0 spiro atoms. The van der Waals surface area contributed by atoms with Gasteiger partial charge >= 0.3 is 0 Å². The van der Waals surface area contributed by atoms with Gasteiger partial charge in [-0.2, -0.15) is 0 Å². The van der Waals surface area contributed by atoms with Crippen molar-refractivity contribution in [3.05, 3.63) is 95.1 Å². The Bertz CT molecular complexity index is 1680. The number of aliphatic hydroxyl groups is 1. The molecule has 0 radical (unpaired) electrons. The molecule has 3 amide bonds. The predicted octanol–water partition coefficient (Wildman–Crippen LogP) is 3.98. The monoisotopic (exact) mass is 723 g/mol. The van der Waals surface area contributed by atoms with Crippen molar-refractivity contribution in [3.8, 4) is 5.75 Å². The molecule has 0 fully saturated rings. The molecule has 0 saturated heterocycles. The van der Waals surface area contributed by atoms with E-state index in [1.165, 1.54) is 44.4 Å². The van der Waals surface area contributed by atoms with Crippen molar-refractivity contribution in [2.45, 2.75) is 76.3 Å². The summed E-state index contributed by atoms with van der Waals surface area (Å²) in [4.78, 5) is 42.1. The van der Waals surface area contributed by atoms with Gasteiger partial charge in [-0.05, 0) is 67.1 Å². The number of carbonyl (C=O) groups is 3. The number of aliphatic hydroxyl groups excluding tert-OH is 1. The number of aromatic hydroxyl groups is 1. The summed E-state index contributed by atoms with van der Waals surface area (Å²) >= 11 is 0. The van der Waals surface area contributed by atoms with E-state index in [9.17, 15) is 33.0 Å². The van der Waals surface area contributed by atoms with Gasteiger partial charge in [0.15, 0.2) is 0 Å². The lowest BCUT2D eigenvalue weighted by Crippen LogP contribution is -2.53. The molecule has 0 aliphatic heterocycles. The Balaban J connectivity index is 1.97. The maximum Gasteiger partial charge on any atom is 0.253 e. The first-order valence-corrected chi connectivity index (χ1v) is 18.9. The molecule has 0 bridgehead atoms. The number of nitrogens with one attached hydrogen (secondary N) is 2. The molecule has 51 heavy (non-hydrogen) atoms. The number of phenolic OH excluding ortho intramolecular Hbond substituents is 1. The summed E-state index contributed by atoms with van der Waals surface area (Å²) < 4.78 is 27.6. The largest absolute Gasteiger partial charge is 0.508 e. The van der Waals surface area contributed by atoms with Crippen LogP contribution < -0.4 is 10.7 Å². The van der Waals surface area contributed by atoms with Crippen LogP contribution >= 0.6 is 0 Å². The van der Waals surface area contributed by atoms with Gasteiger partial charge in [0.05, 0.1) is 23.5 Å². The Kier molecular flexibility index (Phi) is 16.1. The Hall–Kier alpha value is -4.30. The number of sulfonamides is 1. The van der Waals surface area contributed by atoms with E-state index in [0.717, 1.165) is 22.7 Å². The number of unbranched alkanes of at least 4 members (excludes halogenated alkanes) is 1. The van der Waals surface area contributed by atoms with Crippen LogP contribution in [0.1, 0.15) is 78.3 Å². The van der Waals surface area contributed by atoms with Crippen LogP contribution in [0.25, 0.3) is 0 Å². The van der Waals surface area contributed by atoms with Gasteiger partial charge in [0.1, 0.15) is 5.75 Å². The van der Waals surface area contributed by atoms with Gasteiger partial charge in [0.2, 0.25) is 15.9 Å². The fourth-order valence-electron chi connectivity index (χ4n) is 5.56. The third-order valence-electron chi connectivity index (χ3n) is 8.32. The summed E-state index contributed by atoms with van der Waals surface area (Å²) in [5.41, 5.74) is 4.46. The molecule has 3 aromatic rings. The number of benzene rings is 3. The van der Waals surface area contributed by atoms with Crippen molar-refractivity contribution < 1.29 is 33.0 Å². The van der Waals surface area contributed by atoms with Crippen molar-refractivity contribution >= 4 is 27.7 Å². The molecule has 0 aliphatic carbocycles. The Morgan fingerprint density at radius 2 is 1.43 bits per heavy atom. The maximum absolute atomic E-state index is 14.0. The molecule has 2 atom stereocenters. The second kappa shape index (κ2) is 19.9. The molecule has 0 aliphatic rings. The molecule has 0 aromatic heterocycles. The second-order valence-corrected chi connectivity index (χ2v) is 15.0. The van der Waals surface area contributed by atoms with Gasteiger partial charge in [-0.3, -0.25) is 19.8 Å². The first-order valence-electron chi connectivity index (χ1n) is 17.5. The van der Waals surface area contributed by atoms with E-state index in [1.54, 1.807) is 22.0 Å². The zero-order valence-electron chi connectivity index (χ0n) is 30.3. The maximum atomic E-state index is 14.0. The van der Waals surface area contributed by atoms with Crippen molar-refractivity contribution in [1.82, 2.24) is 25.0 Å². The predicted molar refractivity (Wildman–Crippen MR) is 198 cm³/mol. The molecule has 13 heteroatoms. The van der Waals surface area contributed by atoms with Crippen LogP contribution in [0.2, 0.25) is 0 Å².